The molecule has 0 atom stereocenters. The van der Waals surface area contributed by atoms with Crippen LogP contribution in [0.5, 0.6) is 34.5 Å². The Balaban J connectivity index is 0.000000506. The lowest BCUT2D eigenvalue weighted by molar-refractivity contribution is 0.340. The largest absolute Gasteiger partial charge is 0.494 e. The van der Waals surface area contributed by atoms with Gasteiger partial charge in [-0.15, -0.1) is 37.2 Å². The van der Waals surface area contributed by atoms with Crippen molar-refractivity contribution in [3.63, 3.8) is 0 Å². The third-order valence-corrected chi connectivity index (χ3v) is 9.15. The molecule has 0 amide bonds. The molecule has 0 aliphatic rings. The van der Waals surface area contributed by atoms with Crippen molar-refractivity contribution in [3.8, 4) is 34.5 Å². The standard InChI is InChI=1S/3C17H20N2O2S.3ClH/c3*1-3-20-15-9-5-13(6-10-15)18-17(22)19-14-7-11-16(12-8-14)21-4-2;;;/h3*5-12H,3-4H2,1-2H3,(H2,18,19,22);3*1H. The summed E-state index contributed by atoms with van der Waals surface area (Å²) in [6, 6.07) is 46.0. The third-order valence-electron chi connectivity index (χ3n) is 8.54. The normalized spacial score (nSPS) is 9.48. The summed E-state index contributed by atoms with van der Waals surface area (Å²) in [5, 5.41) is 20.4. The quantitative estimate of drug-likeness (QED) is 0.0457. The Morgan fingerprint density at radius 1 is 0.261 bits per heavy atom. The van der Waals surface area contributed by atoms with Gasteiger partial charge in [-0.25, -0.2) is 0 Å². The van der Waals surface area contributed by atoms with Crippen LogP contribution in [0.15, 0.2) is 146 Å². The Morgan fingerprint density at radius 3 is 0.478 bits per heavy atom. The van der Waals surface area contributed by atoms with Crippen LogP contribution in [0.3, 0.4) is 0 Å². The van der Waals surface area contributed by atoms with Gasteiger partial charge in [-0.1, -0.05) is 0 Å². The van der Waals surface area contributed by atoms with Crippen LogP contribution in [-0.2, 0) is 0 Å². The zero-order valence-corrected chi connectivity index (χ0v) is 44.4. The fourth-order valence-corrected chi connectivity index (χ4v) is 6.39. The lowest BCUT2D eigenvalue weighted by Gasteiger charge is -2.12. The molecule has 69 heavy (non-hydrogen) atoms. The molecular formula is C51H63Cl3N6O6S3. The number of rotatable bonds is 18. The van der Waals surface area contributed by atoms with E-state index in [9.17, 15) is 0 Å². The first-order chi connectivity index (χ1) is 32.1. The number of nitrogens with one attached hydrogen (secondary N) is 6. The Kier molecular flexibility index (Phi) is 31.2. The van der Waals surface area contributed by atoms with Crippen molar-refractivity contribution in [1.82, 2.24) is 0 Å². The Hall–Kier alpha value is -5.94. The molecule has 18 heteroatoms. The van der Waals surface area contributed by atoms with Crippen molar-refractivity contribution in [2.24, 2.45) is 0 Å². The maximum Gasteiger partial charge on any atom is 0.175 e. The molecule has 0 aromatic heterocycles. The van der Waals surface area contributed by atoms with Crippen molar-refractivity contribution in [3.05, 3.63) is 146 Å². The molecule has 0 spiro atoms. The molecule has 12 nitrogen and oxygen atoms in total. The maximum atomic E-state index is 5.40. The van der Waals surface area contributed by atoms with Crippen LogP contribution in [0.25, 0.3) is 0 Å². The first-order valence-corrected chi connectivity index (χ1v) is 23.0. The Bertz CT molecular complexity index is 1910. The van der Waals surface area contributed by atoms with Crippen molar-refractivity contribution in [2.45, 2.75) is 41.5 Å². The van der Waals surface area contributed by atoms with E-state index in [1.54, 1.807) is 0 Å². The molecule has 0 radical (unpaired) electrons. The molecule has 0 saturated heterocycles. The summed E-state index contributed by atoms with van der Waals surface area (Å²) in [7, 11) is 0. The number of halogens is 3. The van der Waals surface area contributed by atoms with E-state index in [2.05, 4.69) is 31.9 Å². The second-order valence-electron chi connectivity index (χ2n) is 13.5. The van der Waals surface area contributed by atoms with Gasteiger partial charge < -0.3 is 60.3 Å². The highest BCUT2D eigenvalue weighted by atomic mass is 35.5. The van der Waals surface area contributed by atoms with Crippen LogP contribution in [0.4, 0.5) is 34.1 Å². The highest BCUT2D eigenvalue weighted by Crippen LogP contribution is 2.21. The summed E-state index contributed by atoms with van der Waals surface area (Å²) in [6.07, 6.45) is 0. The first kappa shape index (κ1) is 61.1. The van der Waals surface area contributed by atoms with Gasteiger partial charge in [-0.3, -0.25) is 0 Å². The van der Waals surface area contributed by atoms with Gasteiger partial charge in [0, 0.05) is 34.1 Å². The molecule has 0 heterocycles. The monoisotopic (exact) mass is 1060 g/mol. The van der Waals surface area contributed by atoms with E-state index in [-0.39, 0.29) is 37.2 Å². The van der Waals surface area contributed by atoms with Gasteiger partial charge in [0.15, 0.2) is 15.3 Å². The van der Waals surface area contributed by atoms with Gasteiger partial charge in [-0.2, -0.15) is 0 Å². The fraction of sp³-hybridized carbons (Fsp3) is 0.235. The summed E-state index contributed by atoms with van der Waals surface area (Å²) in [5.41, 5.74) is 5.45. The van der Waals surface area contributed by atoms with Crippen LogP contribution in [-0.4, -0.2) is 55.0 Å². The summed E-state index contributed by atoms with van der Waals surface area (Å²) in [6.45, 7) is 15.7. The molecule has 6 aromatic rings. The predicted octanol–water partition coefficient (Wildman–Crippen LogP) is 14.1. The van der Waals surface area contributed by atoms with Gasteiger partial charge >= 0.3 is 0 Å². The average Bonchev–Trinajstić information content (AvgIpc) is 3.31. The van der Waals surface area contributed by atoms with Crippen LogP contribution in [0.1, 0.15) is 41.5 Å². The van der Waals surface area contributed by atoms with E-state index >= 15 is 0 Å². The second-order valence-corrected chi connectivity index (χ2v) is 14.7. The maximum absolute atomic E-state index is 5.40. The van der Waals surface area contributed by atoms with Crippen molar-refractivity contribution >= 4 is 123 Å². The van der Waals surface area contributed by atoms with Gasteiger partial charge in [0.25, 0.3) is 0 Å². The van der Waals surface area contributed by atoms with E-state index in [4.69, 9.17) is 65.1 Å². The zero-order chi connectivity index (χ0) is 47.4. The number of thiocarbonyl (C=S) groups is 3. The Morgan fingerprint density at radius 2 is 0.377 bits per heavy atom. The van der Waals surface area contributed by atoms with Gasteiger partial charge in [0.05, 0.1) is 39.6 Å². The number of benzene rings is 6. The number of anilines is 6. The van der Waals surface area contributed by atoms with E-state index in [1.807, 2.05) is 187 Å². The molecule has 6 aromatic carbocycles. The van der Waals surface area contributed by atoms with E-state index in [1.165, 1.54) is 0 Å². The summed E-state index contributed by atoms with van der Waals surface area (Å²) < 4.78 is 32.4. The lowest BCUT2D eigenvalue weighted by Crippen LogP contribution is -2.18. The van der Waals surface area contributed by atoms with Crippen molar-refractivity contribution < 1.29 is 28.4 Å². The van der Waals surface area contributed by atoms with E-state index < -0.39 is 0 Å². The minimum absolute atomic E-state index is 0. The number of hydrogen-bond donors (Lipinski definition) is 6. The zero-order valence-electron chi connectivity index (χ0n) is 39.5. The van der Waals surface area contributed by atoms with E-state index in [0.29, 0.717) is 55.0 Å². The number of ether oxygens (including phenoxy) is 6. The summed E-state index contributed by atoms with van der Waals surface area (Å²) in [5.74, 6) is 5.07. The molecule has 0 saturated carbocycles. The van der Waals surface area contributed by atoms with Crippen LogP contribution in [0.2, 0.25) is 0 Å². The lowest BCUT2D eigenvalue weighted by atomic mass is 10.3. The van der Waals surface area contributed by atoms with Crippen LogP contribution in [0, 0.1) is 0 Å². The molecule has 6 rings (SSSR count). The van der Waals surface area contributed by atoms with Gasteiger partial charge in [0.1, 0.15) is 34.5 Å². The second kappa shape index (κ2) is 35.2. The number of hydrogen-bond acceptors (Lipinski definition) is 9. The summed E-state index contributed by atoms with van der Waals surface area (Å²) in [4.78, 5) is 0. The van der Waals surface area contributed by atoms with Gasteiger partial charge in [0.2, 0.25) is 0 Å². The minimum Gasteiger partial charge on any atom is -0.494 e. The SMILES string of the molecule is CCOc1ccc(NC(=S)Nc2ccc(OCC)cc2)cc1.CCOc1ccc(NC(=S)Nc2ccc(OCC)cc2)cc1.CCOc1ccc(NC(=S)Nc2ccc(OCC)cc2)cc1.Cl.Cl.Cl. The topological polar surface area (TPSA) is 128 Å². The van der Waals surface area contributed by atoms with Crippen LogP contribution < -0.4 is 60.3 Å². The predicted molar refractivity (Wildman–Crippen MR) is 307 cm³/mol. The first-order valence-electron chi connectivity index (χ1n) is 21.7. The minimum atomic E-state index is 0. The Labute approximate surface area is 442 Å². The van der Waals surface area contributed by atoms with Crippen LogP contribution >= 0.6 is 73.9 Å². The summed E-state index contributed by atoms with van der Waals surface area (Å²) >= 11 is 15.9. The molecule has 372 valence electrons. The molecule has 0 aliphatic heterocycles. The molecule has 0 unspecified atom stereocenters. The molecule has 0 bridgehead atoms. The smallest absolute Gasteiger partial charge is 0.175 e. The molecular weight excluding hydrogens is 995 g/mol. The average molecular weight is 1060 g/mol. The molecule has 6 N–H and O–H groups in total. The third kappa shape index (κ3) is 24.3. The molecule has 0 aliphatic carbocycles. The van der Waals surface area contributed by atoms with Crippen molar-refractivity contribution in [2.75, 3.05) is 71.5 Å². The van der Waals surface area contributed by atoms with E-state index in [0.717, 1.165) is 68.6 Å². The highest BCUT2D eigenvalue weighted by molar-refractivity contribution is 7.81. The fourth-order valence-electron chi connectivity index (χ4n) is 5.69. The van der Waals surface area contributed by atoms with Crippen molar-refractivity contribution in [1.29, 1.82) is 0 Å². The highest BCUT2D eigenvalue weighted by Gasteiger charge is 2.04. The van der Waals surface area contributed by atoms with Gasteiger partial charge in [-0.05, 0) is 224 Å². The molecule has 0 fully saturated rings.